The molecular weight excluding hydrogens is 190 g/mol. The number of hydrogen-bond acceptors (Lipinski definition) is 2. The van der Waals surface area contributed by atoms with Crippen molar-refractivity contribution in [2.45, 2.75) is 6.92 Å². The first-order chi connectivity index (χ1) is 6.13. The smallest absolute Gasteiger partial charge is 0.218 e. The summed E-state index contributed by atoms with van der Waals surface area (Å²) >= 11 is 5.75. The molecule has 1 aromatic carbocycles. The van der Waals surface area contributed by atoms with Gasteiger partial charge in [0.25, 0.3) is 0 Å². The lowest BCUT2D eigenvalue weighted by Gasteiger charge is -2.01. The second-order valence-electron chi connectivity index (χ2n) is 2.54. The summed E-state index contributed by atoms with van der Waals surface area (Å²) in [5, 5.41) is 9.00. The highest BCUT2D eigenvalue weighted by Crippen LogP contribution is 2.22. The van der Waals surface area contributed by atoms with E-state index in [0.29, 0.717) is 10.7 Å². The molecule has 4 N–H and O–H groups in total. The van der Waals surface area contributed by atoms with E-state index in [9.17, 15) is 0 Å². The maximum Gasteiger partial charge on any atom is 0.218 e. The molecule has 0 bridgehead atoms. The van der Waals surface area contributed by atoms with E-state index in [0.717, 1.165) is 5.56 Å². The maximum absolute atomic E-state index is 8.42. The third-order valence-corrected chi connectivity index (χ3v) is 1.76. The third-order valence-electron chi connectivity index (χ3n) is 1.53. The van der Waals surface area contributed by atoms with Gasteiger partial charge in [0.2, 0.25) is 5.96 Å². The van der Waals surface area contributed by atoms with Crippen molar-refractivity contribution in [3.8, 4) is 0 Å². The van der Waals surface area contributed by atoms with Gasteiger partial charge < -0.3 is 5.73 Å². The fraction of sp³-hybridized carbons (Fsp3) is 0.125. The van der Waals surface area contributed by atoms with Gasteiger partial charge in [-0.1, -0.05) is 17.7 Å². The summed E-state index contributed by atoms with van der Waals surface area (Å²) in [6.07, 6.45) is 0. The zero-order valence-electron chi connectivity index (χ0n) is 7.08. The number of halogens is 1. The average molecular weight is 200 g/mol. The molecular formula is C8H10ClN3O. The Morgan fingerprint density at radius 1 is 1.62 bits per heavy atom. The molecule has 0 aliphatic heterocycles. The molecule has 5 heteroatoms. The molecule has 4 nitrogen and oxygen atoms in total. The van der Waals surface area contributed by atoms with Gasteiger partial charge in [-0.15, -0.1) is 0 Å². The van der Waals surface area contributed by atoms with Crippen LogP contribution in [0.1, 0.15) is 5.56 Å². The number of rotatable bonds is 1. The number of hydrogen-bond donors (Lipinski definition) is 3. The second-order valence-corrected chi connectivity index (χ2v) is 2.98. The molecule has 0 spiro atoms. The predicted octanol–water partition coefficient (Wildman–Crippen LogP) is 1.57. The van der Waals surface area contributed by atoms with Crippen LogP contribution in [0.4, 0.5) is 5.69 Å². The van der Waals surface area contributed by atoms with Gasteiger partial charge in [-0.05, 0) is 24.6 Å². The van der Waals surface area contributed by atoms with Gasteiger partial charge >= 0.3 is 0 Å². The van der Waals surface area contributed by atoms with E-state index >= 15 is 0 Å². The Morgan fingerprint density at radius 3 is 2.92 bits per heavy atom. The summed E-state index contributed by atoms with van der Waals surface area (Å²) in [7, 11) is 0. The highest BCUT2D eigenvalue weighted by molar-refractivity contribution is 6.30. The summed E-state index contributed by atoms with van der Waals surface area (Å²) in [6, 6.07) is 5.26. The number of nitrogens with two attached hydrogens (primary N) is 1. The maximum atomic E-state index is 8.42. The molecule has 70 valence electrons. The topological polar surface area (TPSA) is 70.6 Å². The predicted molar refractivity (Wildman–Crippen MR) is 52.4 cm³/mol. The van der Waals surface area contributed by atoms with Crippen molar-refractivity contribution in [1.29, 1.82) is 0 Å². The van der Waals surface area contributed by atoms with Gasteiger partial charge in [-0.3, -0.25) is 5.21 Å². The average Bonchev–Trinajstić information content (AvgIpc) is 2.11. The monoisotopic (exact) mass is 199 g/mol. The number of nitrogens with zero attached hydrogens (tertiary/aromatic N) is 1. The first-order valence-electron chi connectivity index (χ1n) is 3.64. The van der Waals surface area contributed by atoms with Gasteiger partial charge in [0.15, 0.2) is 0 Å². The van der Waals surface area contributed by atoms with Gasteiger partial charge in [0, 0.05) is 5.02 Å². The zero-order chi connectivity index (χ0) is 9.84. The standard InChI is InChI=1S/C8H10ClN3O/c1-5-2-3-6(9)4-7(5)11-8(10)12-13/h2-4,13H,1H3,(H3,10,11,12). The molecule has 0 amide bonds. The van der Waals surface area contributed by atoms with E-state index < -0.39 is 0 Å². The largest absolute Gasteiger partial charge is 0.368 e. The number of aryl methyl sites for hydroxylation is 1. The quantitative estimate of drug-likeness (QED) is 0.365. The van der Waals surface area contributed by atoms with Crippen LogP contribution in [0.15, 0.2) is 23.2 Å². The molecule has 0 fully saturated rings. The van der Waals surface area contributed by atoms with E-state index in [1.54, 1.807) is 17.6 Å². The fourth-order valence-electron chi connectivity index (χ4n) is 0.858. The van der Waals surface area contributed by atoms with E-state index in [4.69, 9.17) is 22.5 Å². The summed E-state index contributed by atoms with van der Waals surface area (Å²) in [4.78, 5) is 3.89. The van der Waals surface area contributed by atoms with Gasteiger partial charge in [0.05, 0.1) is 5.69 Å². The molecule has 1 rings (SSSR count). The number of hydroxylamine groups is 1. The van der Waals surface area contributed by atoms with Crippen molar-refractivity contribution in [3.05, 3.63) is 28.8 Å². The van der Waals surface area contributed by atoms with Crippen molar-refractivity contribution >= 4 is 23.2 Å². The Labute approximate surface area is 81.0 Å². The van der Waals surface area contributed by atoms with E-state index in [1.807, 2.05) is 13.0 Å². The summed E-state index contributed by atoms with van der Waals surface area (Å²) in [6.45, 7) is 1.87. The zero-order valence-corrected chi connectivity index (χ0v) is 7.84. The van der Waals surface area contributed by atoms with E-state index in [1.165, 1.54) is 0 Å². The van der Waals surface area contributed by atoms with E-state index in [2.05, 4.69) is 4.99 Å². The Hall–Kier alpha value is -1.26. The number of benzene rings is 1. The first-order valence-corrected chi connectivity index (χ1v) is 4.01. The van der Waals surface area contributed by atoms with Crippen LogP contribution in [0.3, 0.4) is 0 Å². The van der Waals surface area contributed by atoms with Crippen LogP contribution in [0.25, 0.3) is 0 Å². The summed E-state index contributed by atoms with van der Waals surface area (Å²) in [5.41, 5.74) is 8.58. The normalized spacial score (nSPS) is 11.5. The van der Waals surface area contributed by atoms with Crippen molar-refractivity contribution in [3.63, 3.8) is 0 Å². The molecule has 0 unspecified atom stereocenters. The molecule has 0 aliphatic rings. The SMILES string of the molecule is Cc1ccc(Cl)cc1N=C(N)NO. The lowest BCUT2D eigenvalue weighted by Crippen LogP contribution is -2.27. The molecule has 0 aromatic heterocycles. The Kier molecular flexibility index (Phi) is 3.11. The molecule has 1 aromatic rings. The van der Waals surface area contributed by atoms with Crippen LogP contribution in [0.5, 0.6) is 0 Å². The molecule has 13 heavy (non-hydrogen) atoms. The van der Waals surface area contributed by atoms with Gasteiger partial charge in [0.1, 0.15) is 0 Å². The van der Waals surface area contributed by atoms with Crippen molar-refractivity contribution < 1.29 is 5.21 Å². The first kappa shape index (κ1) is 9.83. The fourth-order valence-corrected chi connectivity index (χ4v) is 1.02. The van der Waals surface area contributed by atoms with Gasteiger partial charge in [-0.2, -0.15) is 0 Å². The Morgan fingerprint density at radius 2 is 2.31 bits per heavy atom. The highest BCUT2D eigenvalue weighted by Gasteiger charge is 1.98. The van der Waals surface area contributed by atoms with Crippen molar-refractivity contribution in [1.82, 2.24) is 5.48 Å². The second kappa shape index (κ2) is 4.11. The van der Waals surface area contributed by atoms with Crippen LogP contribution in [0, 0.1) is 6.92 Å². The summed E-state index contributed by atoms with van der Waals surface area (Å²) < 4.78 is 0. The molecule has 0 atom stereocenters. The van der Waals surface area contributed by atoms with Crippen LogP contribution in [-0.2, 0) is 0 Å². The van der Waals surface area contributed by atoms with Crippen LogP contribution >= 0.6 is 11.6 Å². The molecule has 0 aliphatic carbocycles. The van der Waals surface area contributed by atoms with E-state index in [-0.39, 0.29) is 5.96 Å². The molecule has 0 saturated carbocycles. The number of guanidine groups is 1. The molecule has 0 heterocycles. The third kappa shape index (κ3) is 2.61. The Balaban J connectivity index is 3.07. The van der Waals surface area contributed by atoms with Crippen LogP contribution in [0.2, 0.25) is 5.02 Å². The molecule has 0 saturated heterocycles. The van der Waals surface area contributed by atoms with Crippen LogP contribution < -0.4 is 11.2 Å². The molecule has 0 radical (unpaired) electrons. The van der Waals surface area contributed by atoms with Gasteiger partial charge in [-0.25, -0.2) is 10.5 Å². The minimum absolute atomic E-state index is 0.0645. The lowest BCUT2D eigenvalue weighted by atomic mass is 10.2. The summed E-state index contributed by atoms with van der Waals surface area (Å²) in [5.74, 6) is -0.0645. The minimum Gasteiger partial charge on any atom is -0.368 e. The minimum atomic E-state index is -0.0645. The van der Waals surface area contributed by atoms with Crippen molar-refractivity contribution in [2.75, 3.05) is 0 Å². The van der Waals surface area contributed by atoms with Crippen LogP contribution in [-0.4, -0.2) is 11.2 Å². The lowest BCUT2D eigenvalue weighted by molar-refractivity contribution is 0.233. The highest BCUT2D eigenvalue weighted by atomic mass is 35.5. The number of aliphatic imine (C=N–C) groups is 1. The van der Waals surface area contributed by atoms with Crippen molar-refractivity contribution in [2.24, 2.45) is 10.7 Å². The number of nitrogens with one attached hydrogen (secondary N) is 1. The Bertz CT molecular complexity index is 338.